The SMILES string of the molecule is BC(B)(O)OC(=O)N1CCC2(CC(N3CCC4(CC3)CNC(=O)O4)C2)C1. The van der Waals surface area contributed by atoms with Crippen LogP contribution in [0.4, 0.5) is 9.59 Å². The van der Waals surface area contributed by atoms with Gasteiger partial charge in [-0.15, -0.1) is 0 Å². The Labute approximate surface area is 155 Å². The highest BCUT2D eigenvalue weighted by Gasteiger charge is 2.53. The maximum Gasteiger partial charge on any atom is 0.411 e. The fourth-order valence-corrected chi connectivity index (χ4v) is 4.98. The molecule has 0 aromatic rings. The summed E-state index contributed by atoms with van der Waals surface area (Å²) in [7, 11) is 2.94. The summed E-state index contributed by atoms with van der Waals surface area (Å²) >= 11 is 0. The Kier molecular flexibility index (Phi) is 4.19. The second-order valence-electron chi connectivity index (χ2n) is 9.01. The number of amides is 2. The molecule has 8 nitrogen and oxygen atoms in total. The molecule has 4 aliphatic rings. The average Bonchev–Trinajstić information content (AvgIpc) is 3.10. The fraction of sp³-hybridized carbons (Fsp3) is 0.875. The van der Waals surface area contributed by atoms with Gasteiger partial charge in [-0.25, -0.2) is 9.59 Å². The first kappa shape index (κ1) is 18.0. The van der Waals surface area contributed by atoms with Crippen LogP contribution in [0.3, 0.4) is 0 Å². The zero-order valence-electron chi connectivity index (χ0n) is 15.6. The van der Waals surface area contributed by atoms with Gasteiger partial charge >= 0.3 is 12.2 Å². The molecule has 0 atom stereocenters. The van der Waals surface area contributed by atoms with E-state index in [0.717, 1.165) is 51.7 Å². The standard InChI is InChI=1S/C16H27B2N3O5/c17-16(18,24)26-13(23)21-4-1-14(10-21)7-11(8-14)20-5-2-15(3-6-20)9-19-12(22)25-15/h11,24H,1-10,17-18H2,(H,19,22). The zero-order chi connectivity index (χ0) is 18.6. The topological polar surface area (TPSA) is 91.3 Å². The van der Waals surface area contributed by atoms with Crippen molar-refractivity contribution < 1.29 is 24.2 Å². The smallest absolute Gasteiger partial charge is 0.411 e. The van der Waals surface area contributed by atoms with Gasteiger partial charge in [0.1, 0.15) is 11.2 Å². The molecule has 3 saturated heterocycles. The van der Waals surface area contributed by atoms with Gasteiger partial charge in [0.15, 0.2) is 15.7 Å². The molecule has 0 aromatic carbocycles. The molecule has 2 amide bonds. The fourth-order valence-electron chi connectivity index (χ4n) is 4.98. The number of ether oxygens (including phenoxy) is 2. The molecular formula is C16H27B2N3O5. The molecule has 1 aliphatic carbocycles. The zero-order valence-corrected chi connectivity index (χ0v) is 15.6. The van der Waals surface area contributed by atoms with Gasteiger partial charge < -0.3 is 29.7 Å². The number of hydrogen-bond donors (Lipinski definition) is 2. The van der Waals surface area contributed by atoms with Crippen LogP contribution in [-0.2, 0) is 9.47 Å². The van der Waals surface area contributed by atoms with Crippen LogP contribution in [0.15, 0.2) is 0 Å². The van der Waals surface area contributed by atoms with Crippen LogP contribution in [0.5, 0.6) is 0 Å². The molecule has 10 heteroatoms. The predicted octanol–water partition coefficient (Wildman–Crippen LogP) is -1.58. The second kappa shape index (κ2) is 6.05. The highest BCUT2D eigenvalue weighted by molar-refractivity contribution is 6.38. The van der Waals surface area contributed by atoms with Crippen molar-refractivity contribution in [1.82, 2.24) is 15.1 Å². The van der Waals surface area contributed by atoms with Crippen LogP contribution in [-0.4, -0.2) is 92.7 Å². The molecule has 2 spiro atoms. The minimum absolute atomic E-state index is 0.208. The summed E-state index contributed by atoms with van der Waals surface area (Å²) in [5.74, 6) is 0. The van der Waals surface area contributed by atoms with Gasteiger partial charge in [-0.1, -0.05) is 0 Å². The Morgan fingerprint density at radius 2 is 1.96 bits per heavy atom. The Morgan fingerprint density at radius 1 is 1.27 bits per heavy atom. The number of carbonyl (C=O) groups is 2. The molecule has 142 valence electrons. The van der Waals surface area contributed by atoms with Gasteiger partial charge in [0.25, 0.3) is 0 Å². The summed E-state index contributed by atoms with van der Waals surface area (Å²) in [5, 5.41) is 12.4. The molecule has 3 heterocycles. The lowest BCUT2D eigenvalue weighted by molar-refractivity contribution is -0.0562. The summed E-state index contributed by atoms with van der Waals surface area (Å²) in [6.07, 6.45) is 4.27. The second-order valence-corrected chi connectivity index (χ2v) is 9.01. The Balaban J connectivity index is 1.25. The van der Waals surface area contributed by atoms with E-state index in [1.807, 2.05) is 0 Å². The number of alkyl carbamates (subject to hydrolysis) is 1. The van der Waals surface area contributed by atoms with E-state index in [2.05, 4.69) is 10.2 Å². The molecule has 2 N–H and O–H groups in total. The molecule has 3 aliphatic heterocycles. The number of nitrogens with one attached hydrogen (secondary N) is 1. The molecule has 0 unspecified atom stereocenters. The molecule has 0 bridgehead atoms. The summed E-state index contributed by atoms with van der Waals surface area (Å²) in [5.41, 5.74) is -1.52. The number of carbonyl (C=O) groups excluding carboxylic acids is 2. The van der Waals surface area contributed by atoms with Crippen LogP contribution < -0.4 is 5.32 Å². The lowest BCUT2D eigenvalue weighted by Gasteiger charge is -2.52. The van der Waals surface area contributed by atoms with Crippen molar-refractivity contribution in [3.05, 3.63) is 0 Å². The third kappa shape index (κ3) is 3.41. The molecular weight excluding hydrogens is 336 g/mol. The minimum Gasteiger partial charge on any atom is -0.441 e. The average molecular weight is 363 g/mol. The van der Waals surface area contributed by atoms with Crippen LogP contribution in [0.1, 0.15) is 32.1 Å². The first-order chi connectivity index (χ1) is 12.2. The van der Waals surface area contributed by atoms with E-state index >= 15 is 0 Å². The van der Waals surface area contributed by atoms with Crippen LogP contribution in [0.25, 0.3) is 0 Å². The molecule has 0 aromatic heterocycles. The molecule has 0 radical (unpaired) electrons. The maximum absolute atomic E-state index is 12.1. The summed E-state index contributed by atoms with van der Waals surface area (Å²) in [6.45, 7) is 3.97. The highest BCUT2D eigenvalue weighted by Crippen LogP contribution is 2.51. The monoisotopic (exact) mass is 363 g/mol. The number of rotatable bonds is 2. The summed E-state index contributed by atoms with van der Waals surface area (Å²) in [4.78, 5) is 27.7. The predicted molar refractivity (Wildman–Crippen MR) is 98.2 cm³/mol. The minimum atomic E-state index is -1.43. The van der Waals surface area contributed by atoms with Gasteiger partial charge in [-0.2, -0.15) is 0 Å². The van der Waals surface area contributed by atoms with E-state index in [1.165, 1.54) is 15.7 Å². The normalized spacial score (nSPS) is 33.8. The molecule has 1 saturated carbocycles. The van der Waals surface area contributed by atoms with Crippen molar-refractivity contribution in [3.63, 3.8) is 0 Å². The summed E-state index contributed by atoms with van der Waals surface area (Å²) < 4.78 is 10.6. The molecule has 4 rings (SSSR count). The molecule has 4 fully saturated rings. The van der Waals surface area contributed by atoms with E-state index in [9.17, 15) is 14.7 Å². The molecule has 26 heavy (non-hydrogen) atoms. The van der Waals surface area contributed by atoms with Crippen LogP contribution in [0, 0.1) is 5.41 Å². The number of nitrogens with zero attached hydrogens (tertiary/aromatic N) is 2. The van der Waals surface area contributed by atoms with Gasteiger partial charge in [0.2, 0.25) is 0 Å². The number of piperidine rings is 1. The third-order valence-corrected chi connectivity index (χ3v) is 6.46. The van der Waals surface area contributed by atoms with Crippen molar-refractivity contribution in [2.45, 2.75) is 49.3 Å². The Hall–Kier alpha value is -1.41. The van der Waals surface area contributed by atoms with E-state index in [4.69, 9.17) is 9.47 Å². The van der Waals surface area contributed by atoms with Gasteiger partial charge in [0.05, 0.1) is 6.54 Å². The highest BCUT2D eigenvalue weighted by atomic mass is 16.7. The van der Waals surface area contributed by atoms with E-state index < -0.39 is 11.7 Å². The van der Waals surface area contributed by atoms with Gasteiger partial charge in [-0.05, 0) is 24.7 Å². The van der Waals surface area contributed by atoms with Crippen molar-refractivity contribution in [1.29, 1.82) is 0 Å². The van der Waals surface area contributed by atoms with Crippen LogP contribution in [0.2, 0.25) is 0 Å². The van der Waals surface area contributed by atoms with E-state index in [0.29, 0.717) is 19.1 Å². The number of hydrogen-bond acceptors (Lipinski definition) is 6. The summed E-state index contributed by atoms with van der Waals surface area (Å²) in [6, 6.07) is 0.558. The first-order valence-electron chi connectivity index (χ1n) is 9.59. The van der Waals surface area contributed by atoms with Gasteiger partial charge in [0, 0.05) is 45.1 Å². The lowest BCUT2D eigenvalue weighted by atomic mass is 9.64. The number of likely N-dealkylation sites (tertiary alicyclic amines) is 2. The van der Waals surface area contributed by atoms with Crippen molar-refractivity contribution in [3.8, 4) is 0 Å². The third-order valence-electron chi connectivity index (χ3n) is 6.46. The number of aliphatic hydroxyl groups is 1. The largest absolute Gasteiger partial charge is 0.441 e. The van der Waals surface area contributed by atoms with Crippen molar-refractivity contribution in [2.75, 3.05) is 32.7 Å². The van der Waals surface area contributed by atoms with E-state index in [-0.39, 0.29) is 17.1 Å². The van der Waals surface area contributed by atoms with Crippen molar-refractivity contribution >= 4 is 27.9 Å². The first-order valence-corrected chi connectivity index (χ1v) is 9.59. The maximum atomic E-state index is 12.1. The Morgan fingerprint density at radius 3 is 2.54 bits per heavy atom. The Bertz CT molecular complexity index is 597. The lowest BCUT2D eigenvalue weighted by Crippen LogP contribution is -2.57. The van der Waals surface area contributed by atoms with Crippen molar-refractivity contribution in [2.24, 2.45) is 5.41 Å². The van der Waals surface area contributed by atoms with Gasteiger partial charge in [-0.3, -0.25) is 0 Å². The quantitative estimate of drug-likeness (QED) is 0.455. The van der Waals surface area contributed by atoms with E-state index in [1.54, 1.807) is 4.90 Å². The van der Waals surface area contributed by atoms with Crippen LogP contribution >= 0.6 is 0 Å².